The molecule has 1 heterocycles. The third-order valence-corrected chi connectivity index (χ3v) is 5.87. The lowest BCUT2D eigenvalue weighted by Crippen LogP contribution is -2.46. The maximum Gasteiger partial charge on any atom is 0.251 e. The average molecular weight is 431 g/mol. The minimum Gasteiger partial charge on any atom is -0.351 e. The number of aryl methyl sites for hydroxylation is 2. The summed E-state index contributed by atoms with van der Waals surface area (Å²) in [5.41, 5.74) is 3.83. The van der Waals surface area contributed by atoms with Gasteiger partial charge in [-0.15, -0.1) is 11.6 Å². The summed E-state index contributed by atoms with van der Waals surface area (Å²) in [6.45, 7) is 6.71. The molecule has 1 aliphatic rings. The second-order valence-electron chi connectivity index (χ2n) is 8.15. The van der Waals surface area contributed by atoms with Crippen LogP contribution in [-0.2, 0) is 11.2 Å². The summed E-state index contributed by atoms with van der Waals surface area (Å²) in [6.07, 6.45) is 1.33. The fourth-order valence-corrected chi connectivity index (χ4v) is 4.48. The number of hydrogen-bond donors (Lipinski definition) is 1. The zero-order chi connectivity index (χ0) is 21.8. The van der Waals surface area contributed by atoms with Gasteiger partial charge in [-0.2, -0.15) is 0 Å². The molecule has 2 aromatic rings. The molecule has 2 aromatic carbocycles. The minimum absolute atomic E-state index is 0.0744. The van der Waals surface area contributed by atoms with Gasteiger partial charge in [-0.25, -0.2) is 4.39 Å². The molecular weight excluding hydrogens is 403 g/mol. The van der Waals surface area contributed by atoms with E-state index >= 15 is 0 Å². The average Bonchev–Trinajstić information content (AvgIpc) is 2.70. The summed E-state index contributed by atoms with van der Waals surface area (Å²) in [6, 6.07) is 10.4. The fourth-order valence-electron chi connectivity index (χ4n) is 4.39. The van der Waals surface area contributed by atoms with Crippen LogP contribution >= 0.6 is 11.6 Å². The molecule has 0 bridgehead atoms. The summed E-state index contributed by atoms with van der Waals surface area (Å²) in [5.74, 6) is 0.0784. The molecule has 1 N–H and O–H groups in total. The van der Waals surface area contributed by atoms with Gasteiger partial charge in [0.2, 0.25) is 5.91 Å². The third-order valence-electron chi connectivity index (χ3n) is 5.68. The van der Waals surface area contributed by atoms with Crippen molar-refractivity contribution in [1.29, 1.82) is 0 Å². The largest absolute Gasteiger partial charge is 0.351 e. The number of halogens is 2. The standard InChI is InChI=1S/C24H28ClFN2O2/c1-15-11-20(23(29)27-9-8-25)12-16(2)22(15)28-14-18(10-17(3)24(28)30)13-19-6-4-5-7-21(19)26/h4-7,11-12,17-18H,8-10,13-14H2,1-3H3,(H,27,29)/t17-,18-/m1/s1. The van der Waals surface area contributed by atoms with Crippen LogP contribution in [0.4, 0.5) is 10.1 Å². The summed E-state index contributed by atoms with van der Waals surface area (Å²) in [7, 11) is 0. The van der Waals surface area contributed by atoms with Crippen LogP contribution in [0.2, 0.25) is 0 Å². The molecule has 2 amide bonds. The van der Waals surface area contributed by atoms with Gasteiger partial charge in [0.15, 0.2) is 0 Å². The van der Waals surface area contributed by atoms with Crippen LogP contribution in [0.5, 0.6) is 0 Å². The van der Waals surface area contributed by atoms with Crippen molar-refractivity contribution in [3.8, 4) is 0 Å². The van der Waals surface area contributed by atoms with Crippen LogP contribution in [0.3, 0.4) is 0 Å². The van der Waals surface area contributed by atoms with Gasteiger partial charge in [0.05, 0.1) is 0 Å². The molecule has 4 nitrogen and oxygen atoms in total. The van der Waals surface area contributed by atoms with Crippen LogP contribution in [0.15, 0.2) is 36.4 Å². The lowest BCUT2D eigenvalue weighted by molar-refractivity contribution is -0.124. The number of alkyl halides is 1. The predicted molar refractivity (Wildman–Crippen MR) is 119 cm³/mol. The number of piperidine rings is 1. The molecule has 0 aromatic heterocycles. The van der Waals surface area contributed by atoms with Crippen LogP contribution in [0.1, 0.15) is 40.4 Å². The third kappa shape index (κ3) is 4.84. The highest BCUT2D eigenvalue weighted by Crippen LogP contribution is 2.34. The van der Waals surface area contributed by atoms with E-state index in [1.807, 2.05) is 49.9 Å². The fraction of sp³-hybridized carbons (Fsp3) is 0.417. The monoisotopic (exact) mass is 430 g/mol. The Bertz CT molecular complexity index is 924. The van der Waals surface area contributed by atoms with Crippen molar-refractivity contribution in [2.45, 2.75) is 33.6 Å². The molecule has 3 rings (SSSR count). The van der Waals surface area contributed by atoms with Crippen LogP contribution in [0.25, 0.3) is 0 Å². The number of anilines is 1. The summed E-state index contributed by atoms with van der Waals surface area (Å²) in [5, 5.41) is 2.77. The van der Waals surface area contributed by atoms with Crippen LogP contribution in [-0.4, -0.2) is 30.8 Å². The maximum atomic E-state index is 14.1. The zero-order valence-corrected chi connectivity index (χ0v) is 18.4. The van der Waals surface area contributed by atoms with Gasteiger partial charge in [0, 0.05) is 36.1 Å². The molecule has 1 aliphatic heterocycles. The lowest BCUT2D eigenvalue weighted by atomic mass is 9.84. The van der Waals surface area contributed by atoms with Crippen molar-refractivity contribution in [3.63, 3.8) is 0 Å². The Balaban J connectivity index is 1.86. The Morgan fingerprint density at radius 3 is 2.53 bits per heavy atom. The van der Waals surface area contributed by atoms with Gasteiger partial charge in [0.1, 0.15) is 5.82 Å². The van der Waals surface area contributed by atoms with E-state index in [2.05, 4.69) is 5.32 Å². The molecule has 6 heteroatoms. The van der Waals surface area contributed by atoms with Gasteiger partial charge in [-0.3, -0.25) is 9.59 Å². The Hall–Kier alpha value is -2.40. The number of carbonyl (C=O) groups is 2. The number of carbonyl (C=O) groups excluding carboxylic acids is 2. The number of benzene rings is 2. The second kappa shape index (κ2) is 9.61. The number of hydrogen-bond acceptors (Lipinski definition) is 2. The van der Waals surface area contributed by atoms with E-state index in [4.69, 9.17) is 11.6 Å². The first-order valence-corrected chi connectivity index (χ1v) is 10.9. The predicted octanol–water partition coefficient (Wildman–Crippen LogP) is 4.64. The Morgan fingerprint density at radius 2 is 1.90 bits per heavy atom. The first-order chi connectivity index (χ1) is 14.3. The molecule has 0 radical (unpaired) electrons. The van der Waals surface area contributed by atoms with Gasteiger partial charge in [-0.1, -0.05) is 25.1 Å². The smallest absolute Gasteiger partial charge is 0.251 e. The topological polar surface area (TPSA) is 49.4 Å². The Morgan fingerprint density at radius 1 is 1.23 bits per heavy atom. The maximum absolute atomic E-state index is 14.1. The molecule has 30 heavy (non-hydrogen) atoms. The van der Waals surface area contributed by atoms with Crippen molar-refractivity contribution in [3.05, 3.63) is 64.5 Å². The van der Waals surface area contributed by atoms with Crippen molar-refractivity contribution in [1.82, 2.24) is 5.32 Å². The van der Waals surface area contributed by atoms with E-state index in [1.54, 1.807) is 6.07 Å². The molecule has 0 spiro atoms. The van der Waals surface area contributed by atoms with E-state index < -0.39 is 0 Å². The SMILES string of the molecule is Cc1cc(C(=O)NCCCl)cc(C)c1N1C[C@@H](Cc2ccccc2F)C[C@@H](C)C1=O. The summed E-state index contributed by atoms with van der Waals surface area (Å²) >= 11 is 5.65. The zero-order valence-electron chi connectivity index (χ0n) is 17.7. The normalized spacial score (nSPS) is 19.1. The Labute approximate surface area is 182 Å². The molecule has 160 valence electrons. The van der Waals surface area contributed by atoms with E-state index in [-0.39, 0.29) is 29.5 Å². The number of nitrogens with one attached hydrogen (secondary N) is 1. The number of amides is 2. The van der Waals surface area contributed by atoms with Crippen LogP contribution < -0.4 is 10.2 Å². The van der Waals surface area contributed by atoms with Crippen LogP contribution in [0, 0.1) is 31.5 Å². The summed E-state index contributed by atoms with van der Waals surface area (Å²) in [4.78, 5) is 27.2. The van der Waals surface area contributed by atoms with E-state index in [0.29, 0.717) is 36.5 Å². The second-order valence-corrected chi connectivity index (χ2v) is 8.53. The number of rotatable bonds is 6. The van der Waals surface area contributed by atoms with Gasteiger partial charge < -0.3 is 10.2 Å². The van der Waals surface area contributed by atoms with Gasteiger partial charge in [0.25, 0.3) is 5.91 Å². The first-order valence-electron chi connectivity index (χ1n) is 10.3. The van der Waals surface area contributed by atoms with E-state index in [0.717, 1.165) is 23.2 Å². The lowest BCUT2D eigenvalue weighted by Gasteiger charge is -2.38. The van der Waals surface area contributed by atoms with Crippen molar-refractivity contribution in [2.24, 2.45) is 11.8 Å². The van der Waals surface area contributed by atoms with Gasteiger partial charge >= 0.3 is 0 Å². The molecule has 0 unspecified atom stereocenters. The molecule has 1 saturated heterocycles. The van der Waals surface area contributed by atoms with Crippen molar-refractivity contribution < 1.29 is 14.0 Å². The highest BCUT2D eigenvalue weighted by atomic mass is 35.5. The van der Waals surface area contributed by atoms with E-state index in [1.165, 1.54) is 6.07 Å². The number of nitrogens with zero attached hydrogens (tertiary/aromatic N) is 1. The summed E-state index contributed by atoms with van der Waals surface area (Å²) < 4.78 is 14.1. The van der Waals surface area contributed by atoms with Crippen molar-refractivity contribution >= 4 is 29.1 Å². The molecule has 0 aliphatic carbocycles. The quantitative estimate of drug-likeness (QED) is 0.678. The van der Waals surface area contributed by atoms with Gasteiger partial charge in [-0.05, 0) is 67.5 Å². The molecule has 1 fully saturated rings. The highest BCUT2D eigenvalue weighted by Gasteiger charge is 2.34. The molecular formula is C24H28ClFN2O2. The van der Waals surface area contributed by atoms with E-state index in [9.17, 15) is 14.0 Å². The first kappa shape index (κ1) is 22.3. The highest BCUT2D eigenvalue weighted by molar-refractivity contribution is 6.18. The molecule has 2 atom stereocenters. The molecule has 0 saturated carbocycles. The Kier molecular flexibility index (Phi) is 7.14. The minimum atomic E-state index is -0.201. The van der Waals surface area contributed by atoms with Crippen molar-refractivity contribution in [2.75, 3.05) is 23.9 Å².